The molecule has 4 atom stereocenters. The lowest BCUT2D eigenvalue weighted by Gasteiger charge is -2.19. The van der Waals surface area contributed by atoms with Crippen LogP contribution in [0.4, 0.5) is 0 Å². The summed E-state index contributed by atoms with van der Waals surface area (Å²) in [5.74, 6) is -0.851. The van der Waals surface area contributed by atoms with E-state index in [4.69, 9.17) is 0 Å². The standard InChI is InChI=1S/C14H18O4/c1-18-13(17)8-7-9-11(12(8)16)14(9)6-4-2-3-5-10(14)15/h8-9,11H,2-7H2,1H3/t8?,9-,11-,14-/m0/s1. The number of fused-ring (bicyclic) bond motifs is 3. The molecule has 0 aromatic heterocycles. The van der Waals surface area contributed by atoms with Crippen LogP contribution in [0.2, 0.25) is 0 Å². The Balaban J connectivity index is 1.80. The Morgan fingerprint density at radius 2 is 2.06 bits per heavy atom. The van der Waals surface area contributed by atoms with E-state index in [1.54, 1.807) is 0 Å². The molecule has 0 radical (unpaired) electrons. The molecular weight excluding hydrogens is 232 g/mol. The summed E-state index contributed by atoms with van der Waals surface area (Å²) < 4.78 is 4.66. The van der Waals surface area contributed by atoms with Crippen molar-refractivity contribution < 1.29 is 19.1 Å². The molecule has 4 nitrogen and oxygen atoms in total. The first kappa shape index (κ1) is 11.9. The lowest BCUT2D eigenvalue weighted by molar-refractivity contribution is -0.150. The first-order valence-electron chi connectivity index (χ1n) is 6.78. The molecule has 0 N–H and O–H groups in total. The largest absolute Gasteiger partial charge is 0.468 e. The number of carbonyl (C=O) groups excluding carboxylic acids is 3. The maximum absolute atomic E-state index is 12.2. The van der Waals surface area contributed by atoms with Gasteiger partial charge in [-0.3, -0.25) is 14.4 Å². The number of hydrogen-bond donors (Lipinski definition) is 0. The molecule has 0 bridgehead atoms. The van der Waals surface area contributed by atoms with Gasteiger partial charge in [0.2, 0.25) is 0 Å². The summed E-state index contributed by atoms with van der Waals surface area (Å²) in [6, 6.07) is 0. The van der Waals surface area contributed by atoms with Crippen LogP contribution >= 0.6 is 0 Å². The third kappa shape index (κ3) is 1.35. The molecule has 4 heteroatoms. The van der Waals surface area contributed by atoms with E-state index in [1.165, 1.54) is 7.11 Å². The second-order valence-electron chi connectivity index (χ2n) is 5.82. The van der Waals surface area contributed by atoms with E-state index in [-0.39, 0.29) is 28.8 Å². The van der Waals surface area contributed by atoms with E-state index in [1.807, 2.05) is 0 Å². The third-order valence-corrected chi connectivity index (χ3v) is 5.15. The number of ether oxygens (including phenoxy) is 1. The van der Waals surface area contributed by atoms with Crippen molar-refractivity contribution in [3.05, 3.63) is 0 Å². The van der Waals surface area contributed by atoms with Gasteiger partial charge in [0.15, 0.2) is 5.78 Å². The zero-order chi connectivity index (χ0) is 12.9. The Bertz CT molecular complexity index is 428. The Labute approximate surface area is 106 Å². The Morgan fingerprint density at radius 1 is 1.28 bits per heavy atom. The van der Waals surface area contributed by atoms with Crippen molar-refractivity contribution in [1.29, 1.82) is 0 Å². The monoisotopic (exact) mass is 250 g/mol. The summed E-state index contributed by atoms with van der Waals surface area (Å²) in [4.78, 5) is 35.9. The average Bonchev–Trinajstić information content (AvgIpc) is 2.94. The fourth-order valence-electron chi connectivity index (χ4n) is 4.23. The fraction of sp³-hybridized carbons (Fsp3) is 0.786. The maximum atomic E-state index is 12.2. The van der Waals surface area contributed by atoms with Gasteiger partial charge in [0.05, 0.1) is 7.11 Å². The highest BCUT2D eigenvalue weighted by molar-refractivity contribution is 6.09. The number of carbonyl (C=O) groups is 3. The SMILES string of the molecule is COC(=O)C1C[C@H]2[C@@H](C1=O)[C@@]21CCCCCC1=O. The molecule has 0 aromatic rings. The van der Waals surface area contributed by atoms with Gasteiger partial charge in [0, 0.05) is 17.8 Å². The van der Waals surface area contributed by atoms with Gasteiger partial charge in [-0.25, -0.2) is 0 Å². The molecule has 3 aliphatic carbocycles. The summed E-state index contributed by atoms with van der Waals surface area (Å²) in [7, 11) is 1.31. The summed E-state index contributed by atoms with van der Waals surface area (Å²) >= 11 is 0. The Hall–Kier alpha value is -1.19. The van der Waals surface area contributed by atoms with Crippen molar-refractivity contribution in [1.82, 2.24) is 0 Å². The Morgan fingerprint density at radius 3 is 2.67 bits per heavy atom. The molecule has 1 unspecified atom stereocenters. The minimum Gasteiger partial charge on any atom is -0.468 e. The van der Waals surface area contributed by atoms with Gasteiger partial charge in [-0.15, -0.1) is 0 Å². The number of rotatable bonds is 1. The van der Waals surface area contributed by atoms with E-state index < -0.39 is 11.9 Å². The molecule has 3 rings (SSSR count). The third-order valence-electron chi connectivity index (χ3n) is 5.15. The van der Waals surface area contributed by atoms with Crippen molar-refractivity contribution >= 4 is 17.5 Å². The smallest absolute Gasteiger partial charge is 0.316 e. The molecule has 0 saturated heterocycles. The molecule has 0 aromatic carbocycles. The fourth-order valence-corrected chi connectivity index (χ4v) is 4.23. The van der Waals surface area contributed by atoms with Crippen LogP contribution in [0.5, 0.6) is 0 Å². The van der Waals surface area contributed by atoms with E-state index >= 15 is 0 Å². The van der Waals surface area contributed by atoms with Crippen molar-refractivity contribution in [2.75, 3.05) is 7.11 Å². The maximum Gasteiger partial charge on any atom is 0.316 e. The molecule has 0 aliphatic heterocycles. The molecule has 1 spiro atoms. The van der Waals surface area contributed by atoms with Crippen molar-refractivity contribution in [2.24, 2.45) is 23.2 Å². The summed E-state index contributed by atoms with van der Waals surface area (Å²) in [6.07, 6.45) is 5.07. The van der Waals surface area contributed by atoms with Gasteiger partial charge < -0.3 is 4.74 Å². The summed E-state index contributed by atoms with van der Waals surface area (Å²) in [5.41, 5.74) is -0.377. The van der Waals surface area contributed by atoms with Gasteiger partial charge in [-0.05, 0) is 25.2 Å². The summed E-state index contributed by atoms with van der Waals surface area (Å²) in [5, 5.41) is 0. The van der Waals surface area contributed by atoms with Gasteiger partial charge >= 0.3 is 5.97 Å². The second kappa shape index (κ2) is 3.90. The molecule has 0 amide bonds. The van der Waals surface area contributed by atoms with Crippen LogP contribution in [0, 0.1) is 23.2 Å². The van der Waals surface area contributed by atoms with Crippen molar-refractivity contribution in [3.63, 3.8) is 0 Å². The normalized spacial score (nSPS) is 42.6. The number of Topliss-reactive ketones (excluding diaryl/α,β-unsaturated/α-hetero) is 2. The minimum atomic E-state index is -0.605. The molecule has 18 heavy (non-hydrogen) atoms. The number of methoxy groups -OCH3 is 1. The number of ketones is 2. The van der Waals surface area contributed by atoms with E-state index in [9.17, 15) is 14.4 Å². The summed E-state index contributed by atoms with van der Waals surface area (Å²) in [6.45, 7) is 0. The minimum absolute atomic E-state index is 0.0397. The van der Waals surface area contributed by atoms with E-state index in [0.717, 1.165) is 25.7 Å². The number of esters is 1. The van der Waals surface area contributed by atoms with Crippen LogP contribution < -0.4 is 0 Å². The topological polar surface area (TPSA) is 60.4 Å². The molecule has 3 fully saturated rings. The highest BCUT2D eigenvalue weighted by Crippen LogP contribution is 2.70. The van der Waals surface area contributed by atoms with Gasteiger partial charge in [-0.1, -0.05) is 12.8 Å². The van der Waals surface area contributed by atoms with Crippen LogP contribution in [0.15, 0.2) is 0 Å². The second-order valence-corrected chi connectivity index (χ2v) is 5.82. The first-order chi connectivity index (χ1) is 8.63. The van der Waals surface area contributed by atoms with Gasteiger partial charge in [-0.2, -0.15) is 0 Å². The molecule has 3 saturated carbocycles. The number of hydrogen-bond acceptors (Lipinski definition) is 4. The quantitative estimate of drug-likeness (QED) is 0.523. The Kier molecular flexibility index (Phi) is 2.57. The van der Waals surface area contributed by atoms with Gasteiger partial charge in [0.25, 0.3) is 0 Å². The first-order valence-corrected chi connectivity index (χ1v) is 6.78. The van der Waals surface area contributed by atoms with Crippen LogP contribution in [0.1, 0.15) is 38.5 Å². The van der Waals surface area contributed by atoms with Crippen LogP contribution in [-0.4, -0.2) is 24.6 Å². The molecular formula is C14H18O4. The lowest BCUT2D eigenvalue weighted by atomic mass is 9.83. The van der Waals surface area contributed by atoms with Crippen LogP contribution in [-0.2, 0) is 19.1 Å². The lowest BCUT2D eigenvalue weighted by Crippen LogP contribution is -2.31. The average molecular weight is 250 g/mol. The predicted molar refractivity (Wildman–Crippen MR) is 62.6 cm³/mol. The molecule has 98 valence electrons. The van der Waals surface area contributed by atoms with Crippen molar-refractivity contribution in [3.8, 4) is 0 Å². The molecule has 3 aliphatic rings. The van der Waals surface area contributed by atoms with E-state index in [0.29, 0.717) is 12.8 Å². The highest BCUT2D eigenvalue weighted by Gasteiger charge is 2.75. The zero-order valence-corrected chi connectivity index (χ0v) is 10.6. The van der Waals surface area contributed by atoms with E-state index in [2.05, 4.69) is 4.74 Å². The zero-order valence-electron chi connectivity index (χ0n) is 10.6. The van der Waals surface area contributed by atoms with Crippen LogP contribution in [0.25, 0.3) is 0 Å². The van der Waals surface area contributed by atoms with Gasteiger partial charge in [0.1, 0.15) is 11.7 Å². The molecule has 0 heterocycles. The van der Waals surface area contributed by atoms with Crippen LogP contribution in [0.3, 0.4) is 0 Å². The van der Waals surface area contributed by atoms with Crippen molar-refractivity contribution in [2.45, 2.75) is 38.5 Å². The predicted octanol–water partition coefficient (Wildman–Crippen LogP) is 1.51. The highest BCUT2D eigenvalue weighted by atomic mass is 16.5.